The van der Waals surface area contributed by atoms with Crippen molar-refractivity contribution in [2.75, 3.05) is 10.6 Å². The van der Waals surface area contributed by atoms with Crippen LogP contribution >= 0.6 is 0 Å². The fourth-order valence-corrected chi connectivity index (χ4v) is 2.64. The Hall–Kier alpha value is -3.41. The molecule has 0 unspecified atom stereocenters. The maximum atomic E-state index is 12.5. The second-order valence-electron chi connectivity index (χ2n) is 6.78. The second-order valence-corrected chi connectivity index (χ2v) is 6.78. The maximum Gasteiger partial charge on any atom is 0.258 e. The van der Waals surface area contributed by atoms with Crippen LogP contribution in [-0.4, -0.2) is 22.0 Å². The summed E-state index contributed by atoms with van der Waals surface area (Å²) in [5.74, 6) is 0.865. The van der Waals surface area contributed by atoms with Crippen LogP contribution in [0.3, 0.4) is 0 Å². The lowest BCUT2D eigenvalue weighted by atomic mass is 10.1. The molecule has 0 saturated carbocycles. The Morgan fingerprint density at radius 1 is 0.964 bits per heavy atom. The third kappa shape index (κ3) is 4.65. The lowest BCUT2D eigenvalue weighted by molar-refractivity contribution is 0.102. The highest BCUT2D eigenvalue weighted by atomic mass is 16.5. The van der Waals surface area contributed by atoms with Gasteiger partial charge in [-0.15, -0.1) is 0 Å². The van der Waals surface area contributed by atoms with Crippen molar-refractivity contribution < 1.29 is 9.53 Å². The van der Waals surface area contributed by atoms with Crippen LogP contribution in [0, 0.1) is 13.8 Å². The Kier molecular flexibility index (Phi) is 5.89. The van der Waals surface area contributed by atoms with Crippen LogP contribution in [0.15, 0.2) is 54.9 Å². The van der Waals surface area contributed by atoms with E-state index in [1.165, 1.54) is 12.4 Å². The van der Waals surface area contributed by atoms with Crippen LogP contribution in [0.4, 0.5) is 17.3 Å². The summed E-state index contributed by atoms with van der Waals surface area (Å²) in [6.07, 6.45) is 3.06. The van der Waals surface area contributed by atoms with E-state index in [9.17, 15) is 4.79 Å². The zero-order valence-corrected chi connectivity index (χ0v) is 16.5. The molecule has 0 aliphatic heterocycles. The number of aryl methyl sites for hydroxylation is 1. The number of carbonyl (C=O) groups excluding carboxylic acids is 1. The number of benzene rings is 2. The SMILES string of the molecule is Cc1cccc(NC(=O)c2cnc(Nc3ccccc3OC(C)C)nc2)c1C. The Morgan fingerprint density at radius 3 is 2.36 bits per heavy atom. The number of aromatic nitrogens is 2. The molecule has 1 aromatic heterocycles. The van der Waals surface area contributed by atoms with Crippen LogP contribution in [-0.2, 0) is 0 Å². The molecule has 0 radical (unpaired) electrons. The molecule has 0 bridgehead atoms. The van der Waals surface area contributed by atoms with Gasteiger partial charge in [-0.2, -0.15) is 0 Å². The molecular formula is C22H24N4O2. The molecule has 144 valence electrons. The monoisotopic (exact) mass is 376 g/mol. The summed E-state index contributed by atoms with van der Waals surface area (Å²) in [6.45, 7) is 7.92. The normalized spacial score (nSPS) is 10.6. The van der Waals surface area contributed by atoms with Gasteiger partial charge in [-0.3, -0.25) is 4.79 Å². The third-order valence-corrected chi connectivity index (χ3v) is 4.26. The molecule has 3 rings (SSSR count). The van der Waals surface area contributed by atoms with Crippen LogP contribution in [0.5, 0.6) is 5.75 Å². The van der Waals surface area contributed by atoms with Crippen molar-refractivity contribution in [3.05, 3.63) is 71.5 Å². The van der Waals surface area contributed by atoms with Gasteiger partial charge in [0.05, 0.1) is 17.4 Å². The summed E-state index contributed by atoms with van der Waals surface area (Å²) in [4.78, 5) is 21.0. The number of para-hydroxylation sites is 2. The van der Waals surface area contributed by atoms with Crippen molar-refractivity contribution >= 4 is 23.2 Å². The highest BCUT2D eigenvalue weighted by Gasteiger charge is 2.11. The third-order valence-electron chi connectivity index (χ3n) is 4.26. The zero-order chi connectivity index (χ0) is 20.1. The van der Waals surface area contributed by atoms with E-state index in [0.717, 1.165) is 28.3 Å². The van der Waals surface area contributed by atoms with Crippen LogP contribution in [0.25, 0.3) is 0 Å². The molecule has 3 aromatic rings. The zero-order valence-electron chi connectivity index (χ0n) is 16.5. The first-order valence-corrected chi connectivity index (χ1v) is 9.16. The van der Waals surface area contributed by atoms with Gasteiger partial charge in [-0.1, -0.05) is 24.3 Å². The highest BCUT2D eigenvalue weighted by Crippen LogP contribution is 2.27. The number of ether oxygens (including phenoxy) is 1. The Labute approximate surface area is 165 Å². The predicted molar refractivity (Wildman–Crippen MR) is 111 cm³/mol. The number of rotatable bonds is 6. The van der Waals surface area contributed by atoms with E-state index in [2.05, 4.69) is 20.6 Å². The largest absolute Gasteiger partial charge is 0.489 e. The first kappa shape index (κ1) is 19.4. The summed E-state index contributed by atoms with van der Waals surface area (Å²) in [7, 11) is 0. The molecule has 0 aliphatic rings. The van der Waals surface area contributed by atoms with Crippen molar-refractivity contribution in [3.63, 3.8) is 0 Å². The van der Waals surface area contributed by atoms with E-state index in [-0.39, 0.29) is 12.0 Å². The molecule has 0 aliphatic carbocycles. The summed E-state index contributed by atoms with van der Waals surface area (Å²) < 4.78 is 5.78. The molecular weight excluding hydrogens is 352 g/mol. The highest BCUT2D eigenvalue weighted by molar-refractivity contribution is 6.04. The van der Waals surface area contributed by atoms with Gasteiger partial charge in [-0.05, 0) is 57.0 Å². The average molecular weight is 376 g/mol. The van der Waals surface area contributed by atoms with Gasteiger partial charge >= 0.3 is 0 Å². The molecule has 6 heteroatoms. The number of nitrogens with zero attached hydrogens (tertiary/aromatic N) is 2. The fraction of sp³-hybridized carbons (Fsp3) is 0.227. The minimum atomic E-state index is -0.246. The van der Waals surface area contributed by atoms with E-state index < -0.39 is 0 Å². The molecule has 0 fully saturated rings. The van der Waals surface area contributed by atoms with Crippen molar-refractivity contribution in [1.82, 2.24) is 9.97 Å². The molecule has 0 spiro atoms. The first-order valence-electron chi connectivity index (χ1n) is 9.16. The lowest BCUT2D eigenvalue weighted by Gasteiger charge is -2.14. The van der Waals surface area contributed by atoms with Crippen molar-refractivity contribution in [1.29, 1.82) is 0 Å². The average Bonchev–Trinajstić information content (AvgIpc) is 2.67. The summed E-state index contributed by atoms with van der Waals surface area (Å²) in [6, 6.07) is 13.4. The predicted octanol–water partition coefficient (Wildman–Crippen LogP) is 4.88. The van der Waals surface area contributed by atoms with Gasteiger partial charge in [0.25, 0.3) is 5.91 Å². The van der Waals surface area contributed by atoms with Crippen LogP contribution < -0.4 is 15.4 Å². The van der Waals surface area contributed by atoms with Gasteiger partial charge < -0.3 is 15.4 Å². The number of nitrogens with one attached hydrogen (secondary N) is 2. The number of carbonyl (C=O) groups is 1. The van der Waals surface area contributed by atoms with E-state index in [1.54, 1.807) is 0 Å². The molecule has 1 amide bonds. The molecule has 6 nitrogen and oxygen atoms in total. The first-order chi connectivity index (χ1) is 13.4. The summed E-state index contributed by atoms with van der Waals surface area (Å²) >= 11 is 0. The second kappa shape index (κ2) is 8.52. The van der Waals surface area contributed by atoms with Crippen molar-refractivity contribution in [2.24, 2.45) is 0 Å². The Balaban J connectivity index is 1.72. The van der Waals surface area contributed by atoms with Crippen molar-refractivity contribution in [3.8, 4) is 5.75 Å². The van der Waals surface area contributed by atoms with E-state index in [1.807, 2.05) is 70.2 Å². The molecule has 0 saturated heterocycles. The molecule has 2 N–H and O–H groups in total. The van der Waals surface area contributed by atoms with Gasteiger partial charge in [0.15, 0.2) is 0 Å². The topological polar surface area (TPSA) is 76.1 Å². The van der Waals surface area contributed by atoms with Crippen LogP contribution in [0.1, 0.15) is 35.3 Å². The summed E-state index contributed by atoms with van der Waals surface area (Å²) in [5.41, 5.74) is 4.10. The molecule has 28 heavy (non-hydrogen) atoms. The lowest BCUT2D eigenvalue weighted by Crippen LogP contribution is -2.14. The van der Waals surface area contributed by atoms with Crippen LogP contribution in [0.2, 0.25) is 0 Å². The van der Waals surface area contributed by atoms with E-state index in [0.29, 0.717) is 11.5 Å². The number of anilines is 3. The Bertz CT molecular complexity index is 969. The summed E-state index contributed by atoms with van der Waals surface area (Å²) in [5, 5.41) is 6.04. The molecule has 2 aromatic carbocycles. The Morgan fingerprint density at radius 2 is 1.64 bits per heavy atom. The van der Waals surface area contributed by atoms with E-state index in [4.69, 9.17) is 4.74 Å². The fourth-order valence-electron chi connectivity index (χ4n) is 2.64. The number of hydrogen-bond donors (Lipinski definition) is 2. The quantitative estimate of drug-likeness (QED) is 0.641. The minimum absolute atomic E-state index is 0.0556. The van der Waals surface area contributed by atoms with Gasteiger partial charge in [-0.25, -0.2) is 9.97 Å². The maximum absolute atomic E-state index is 12.5. The minimum Gasteiger partial charge on any atom is -0.489 e. The molecule has 1 heterocycles. The van der Waals surface area contributed by atoms with E-state index >= 15 is 0 Å². The number of hydrogen-bond acceptors (Lipinski definition) is 5. The van der Waals surface area contributed by atoms with Gasteiger partial charge in [0, 0.05) is 18.1 Å². The number of amides is 1. The molecule has 0 atom stereocenters. The van der Waals surface area contributed by atoms with Crippen molar-refractivity contribution in [2.45, 2.75) is 33.8 Å². The standard InChI is InChI=1S/C22H24N4O2/c1-14(2)28-20-11-6-5-9-19(20)26-22-23-12-17(13-24-22)21(27)25-18-10-7-8-15(3)16(18)4/h5-14H,1-4H3,(H,25,27)(H,23,24,26). The smallest absolute Gasteiger partial charge is 0.258 e. The van der Waals surface area contributed by atoms with Gasteiger partial charge in [0.2, 0.25) is 5.95 Å². The van der Waals surface area contributed by atoms with Gasteiger partial charge in [0.1, 0.15) is 5.75 Å².